The van der Waals surface area contributed by atoms with Crippen molar-refractivity contribution in [1.82, 2.24) is 10.3 Å². The van der Waals surface area contributed by atoms with Gasteiger partial charge in [-0.3, -0.25) is 14.0 Å². The van der Waals surface area contributed by atoms with Crippen LogP contribution in [0.4, 0.5) is 10.1 Å². The third-order valence-corrected chi connectivity index (χ3v) is 6.82. The number of halogens is 1. The van der Waals surface area contributed by atoms with Gasteiger partial charge in [-0.15, -0.1) is 0 Å². The highest BCUT2D eigenvalue weighted by molar-refractivity contribution is 7.83. The summed E-state index contributed by atoms with van der Waals surface area (Å²) in [6.45, 7) is 2.00. The van der Waals surface area contributed by atoms with Gasteiger partial charge in [-0.2, -0.15) is 0 Å². The summed E-state index contributed by atoms with van der Waals surface area (Å²) < 4.78 is 32.8. The average molecular weight is 484 g/mol. The number of rotatable bonds is 8. The molecule has 2 unspecified atom stereocenters. The first-order valence-corrected chi connectivity index (χ1v) is 12.3. The molecule has 3 atom stereocenters. The van der Waals surface area contributed by atoms with E-state index in [0.29, 0.717) is 34.9 Å². The van der Waals surface area contributed by atoms with Crippen molar-refractivity contribution in [3.05, 3.63) is 83.9 Å². The lowest BCUT2D eigenvalue weighted by atomic mass is 10.0. The van der Waals surface area contributed by atoms with E-state index in [1.54, 1.807) is 29.4 Å². The highest BCUT2D eigenvalue weighted by Crippen LogP contribution is 2.30. The minimum absolute atomic E-state index is 0.182. The van der Waals surface area contributed by atoms with Crippen molar-refractivity contribution in [1.29, 1.82) is 0 Å². The fourth-order valence-electron chi connectivity index (χ4n) is 3.80. The number of amides is 1. The van der Waals surface area contributed by atoms with Crippen LogP contribution in [0.3, 0.4) is 0 Å². The quantitative estimate of drug-likeness (QED) is 0.512. The van der Waals surface area contributed by atoms with E-state index >= 15 is 0 Å². The predicted molar refractivity (Wildman–Crippen MR) is 129 cm³/mol. The van der Waals surface area contributed by atoms with Crippen LogP contribution < -0.4 is 10.2 Å². The zero-order valence-corrected chi connectivity index (χ0v) is 19.5. The number of aliphatic hydroxyl groups is 1. The largest absolute Gasteiger partial charge is 0.354 e. The molecule has 178 valence electrons. The van der Waals surface area contributed by atoms with Gasteiger partial charge in [0.05, 0.1) is 12.6 Å². The molecule has 1 saturated heterocycles. The van der Waals surface area contributed by atoms with Gasteiger partial charge in [0.25, 0.3) is 0 Å². The zero-order chi connectivity index (χ0) is 24.1. The van der Waals surface area contributed by atoms with E-state index in [-0.39, 0.29) is 12.5 Å². The molecule has 9 heteroatoms. The van der Waals surface area contributed by atoms with Crippen molar-refractivity contribution in [2.45, 2.75) is 30.9 Å². The topological polar surface area (TPSA) is 91.8 Å². The molecule has 0 aliphatic carbocycles. The number of nitrogens with zero attached hydrogens (tertiary/aromatic N) is 2. The third-order valence-electron chi connectivity index (χ3n) is 5.51. The van der Waals surface area contributed by atoms with Crippen molar-refractivity contribution in [3.63, 3.8) is 0 Å². The second-order valence-corrected chi connectivity index (χ2v) is 9.58. The van der Waals surface area contributed by atoms with Crippen molar-refractivity contribution < 1.29 is 23.2 Å². The molecular formula is C25H26FN3O4S. The molecule has 0 radical (unpaired) electrons. The maximum Gasteiger partial charge on any atom is 0.238 e. The first kappa shape index (κ1) is 24.0. The van der Waals surface area contributed by atoms with Crippen LogP contribution in [0.2, 0.25) is 0 Å². The molecule has 1 aromatic heterocycles. The number of nitrogens with one attached hydrogen (secondary N) is 1. The molecule has 34 heavy (non-hydrogen) atoms. The molecular weight excluding hydrogens is 457 g/mol. The van der Waals surface area contributed by atoms with Crippen molar-refractivity contribution >= 4 is 22.4 Å². The van der Waals surface area contributed by atoms with Crippen LogP contribution in [0.15, 0.2) is 67.0 Å². The lowest BCUT2D eigenvalue weighted by Gasteiger charge is -2.21. The number of aliphatic hydroxyl groups excluding tert-OH is 1. The monoisotopic (exact) mass is 483 g/mol. The summed E-state index contributed by atoms with van der Waals surface area (Å²) in [6, 6.07) is 15.8. The third kappa shape index (κ3) is 6.05. The SMILES string of the molecule is CC(=O)NC[C@H]1CN(c2ccc(-c3ccc(CS(=O)Cc4ccncc4)cc3)c(F)c2)C(O)O1. The molecule has 2 heterocycles. The van der Waals surface area contributed by atoms with E-state index in [4.69, 9.17) is 4.74 Å². The van der Waals surface area contributed by atoms with Gasteiger partial charge >= 0.3 is 0 Å². The summed E-state index contributed by atoms with van der Waals surface area (Å²) in [6.07, 6.45) is 1.76. The minimum atomic E-state index is -1.21. The normalized spacial score (nSPS) is 18.6. The maximum atomic E-state index is 15.0. The standard InChI is InChI=1S/C25H26FN3O4S/c1-17(30)28-13-22-14-29(25(31)33-22)21-6-7-23(24(26)12-21)20-4-2-18(3-5-20)15-34(32)16-19-8-10-27-11-9-19/h2-12,22,25,31H,13-16H2,1H3,(H,28,30)/t22-,25?,34?/m0/s1. The summed E-state index contributed by atoms with van der Waals surface area (Å²) in [7, 11) is -1.06. The molecule has 4 rings (SSSR count). The van der Waals surface area contributed by atoms with Crippen LogP contribution >= 0.6 is 0 Å². The number of anilines is 1. The molecule has 1 aliphatic heterocycles. The fourth-order valence-corrected chi connectivity index (χ4v) is 5.03. The molecule has 3 aromatic rings. The molecule has 7 nitrogen and oxygen atoms in total. The Labute approximate surface area is 200 Å². The summed E-state index contributed by atoms with van der Waals surface area (Å²) >= 11 is 0. The lowest BCUT2D eigenvalue weighted by Crippen LogP contribution is -2.33. The van der Waals surface area contributed by atoms with Gasteiger partial charge in [0.1, 0.15) is 5.82 Å². The number of pyridine rings is 1. The number of hydrogen-bond acceptors (Lipinski definition) is 6. The Kier molecular flexibility index (Phi) is 7.66. The van der Waals surface area contributed by atoms with E-state index in [1.807, 2.05) is 36.4 Å². The van der Waals surface area contributed by atoms with E-state index in [0.717, 1.165) is 11.1 Å². The smallest absolute Gasteiger partial charge is 0.238 e. The van der Waals surface area contributed by atoms with Gasteiger partial charge in [-0.25, -0.2) is 4.39 Å². The molecule has 0 saturated carbocycles. The Balaban J connectivity index is 1.40. The van der Waals surface area contributed by atoms with Crippen LogP contribution in [-0.2, 0) is 31.8 Å². The lowest BCUT2D eigenvalue weighted by molar-refractivity contribution is -0.121. The maximum absolute atomic E-state index is 15.0. The second kappa shape index (κ2) is 10.9. The van der Waals surface area contributed by atoms with Gasteiger partial charge in [-0.1, -0.05) is 24.3 Å². The fraction of sp³-hybridized carbons (Fsp3) is 0.280. The highest BCUT2D eigenvalue weighted by atomic mass is 32.2. The summed E-state index contributed by atoms with van der Waals surface area (Å²) in [4.78, 5) is 16.6. The zero-order valence-electron chi connectivity index (χ0n) is 18.7. The molecule has 0 bridgehead atoms. The highest BCUT2D eigenvalue weighted by Gasteiger charge is 2.32. The Morgan fingerprint density at radius 2 is 1.82 bits per heavy atom. The van der Waals surface area contributed by atoms with Crippen molar-refractivity contribution in [2.75, 3.05) is 18.0 Å². The van der Waals surface area contributed by atoms with E-state index in [9.17, 15) is 18.5 Å². The minimum Gasteiger partial charge on any atom is -0.354 e. The van der Waals surface area contributed by atoms with Gasteiger partial charge in [0.2, 0.25) is 12.3 Å². The van der Waals surface area contributed by atoms with Crippen LogP contribution in [0.1, 0.15) is 18.1 Å². The van der Waals surface area contributed by atoms with Gasteiger partial charge in [0, 0.05) is 59.4 Å². The summed E-state index contributed by atoms with van der Waals surface area (Å²) in [5.74, 6) is 0.260. The average Bonchev–Trinajstić information content (AvgIpc) is 3.19. The molecule has 2 aromatic carbocycles. The number of carbonyl (C=O) groups excluding carboxylic acids is 1. The number of aromatic nitrogens is 1. The summed E-state index contributed by atoms with van der Waals surface area (Å²) in [5, 5.41) is 12.8. The Morgan fingerprint density at radius 3 is 2.47 bits per heavy atom. The Bertz CT molecular complexity index is 1160. The van der Waals surface area contributed by atoms with Gasteiger partial charge in [-0.05, 0) is 47.0 Å². The van der Waals surface area contributed by atoms with E-state index in [1.165, 1.54) is 13.0 Å². The Morgan fingerprint density at radius 1 is 1.15 bits per heavy atom. The predicted octanol–water partition coefficient (Wildman–Crippen LogP) is 2.95. The first-order valence-electron chi connectivity index (χ1n) is 10.9. The summed E-state index contributed by atoms with van der Waals surface area (Å²) in [5.41, 5.74) is 3.51. The van der Waals surface area contributed by atoms with Crippen molar-refractivity contribution in [2.24, 2.45) is 0 Å². The molecule has 2 N–H and O–H groups in total. The second-order valence-electron chi connectivity index (χ2n) is 8.12. The number of benzene rings is 2. The molecule has 0 spiro atoms. The molecule has 1 amide bonds. The van der Waals surface area contributed by atoms with Crippen LogP contribution in [0.5, 0.6) is 0 Å². The van der Waals surface area contributed by atoms with Crippen LogP contribution in [0.25, 0.3) is 11.1 Å². The van der Waals surface area contributed by atoms with Crippen LogP contribution in [-0.4, -0.2) is 45.8 Å². The van der Waals surface area contributed by atoms with E-state index < -0.39 is 29.1 Å². The number of ether oxygens (including phenoxy) is 1. The number of carbonyl (C=O) groups is 1. The first-order chi connectivity index (χ1) is 16.4. The van der Waals surface area contributed by atoms with Crippen LogP contribution in [0, 0.1) is 5.82 Å². The van der Waals surface area contributed by atoms with Gasteiger partial charge < -0.3 is 20.1 Å². The molecule has 1 fully saturated rings. The Hall–Kier alpha value is -3.14. The number of hydrogen-bond donors (Lipinski definition) is 2. The van der Waals surface area contributed by atoms with Crippen molar-refractivity contribution in [3.8, 4) is 11.1 Å². The molecule has 1 aliphatic rings. The van der Waals surface area contributed by atoms with E-state index in [2.05, 4.69) is 10.3 Å². The van der Waals surface area contributed by atoms with Gasteiger partial charge in [0.15, 0.2) is 0 Å².